The van der Waals surface area contributed by atoms with Crippen LogP contribution in [0, 0.1) is 18.6 Å². The van der Waals surface area contributed by atoms with Gasteiger partial charge in [0, 0.05) is 11.3 Å². The second kappa shape index (κ2) is 5.62. The molecule has 2 aromatic carbocycles. The van der Waals surface area contributed by atoms with E-state index in [1.54, 1.807) is 0 Å². The summed E-state index contributed by atoms with van der Waals surface area (Å²) in [6.07, 6.45) is 0. The molecule has 0 spiro atoms. The third kappa shape index (κ3) is 3.09. The first-order valence-corrected chi connectivity index (χ1v) is 7.28. The molecule has 0 saturated carbocycles. The monoisotopic (exact) mass is 292 g/mol. The first-order chi connectivity index (χ1) is 10.1. The summed E-state index contributed by atoms with van der Waals surface area (Å²) < 4.78 is 0.503. The van der Waals surface area contributed by atoms with Crippen LogP contribution in [0.25, 0.3) is 22.5 Å². The van der Waals surface area contributed by atoms with E-state index in [-0.39, 0.29) is 0 Å². The predicted molar refractivity (Wildman–Crippen MR) is 89.8 cm³/mol. The van der Waals surface area contributed by atoms with Gasteiger partial charge in [0.05, 0.1) is 5.69 Å². The highest BCUT2D eigenvalue weighted by Crippen LogP contribution is 2.23. The summed E-state index contributed by atoms with van der Waals surface area (Å²) >= 11 is 5.27. The Morgan fingerprint density at radius 1 is 0.810 bits per heavy atom. The molecule has 0 unspecified atom stereocenters. The predicted octanol–water partition coefficient (Wildman–Crippen LogP) is 5.09. The highest BCUT2D eigenvalue weighted by atomic mass is 32.1. The van der Waals surface area contributed by atoms with E-state index in [9.17, 15) is 0 Å². The van der Waals surface area contributed by atoms with Gasteiger partial charge in [-0.3, -0.25) is 0 Å². The number of H-pyrrole nitrogens is 1. The van der Waals surface area contributed by atoms with Crippen LogP contribution in [-0.4, -0.2) is 9.97 Å². The summed E-state index contributed by atoms with van der Waals surface area (Å²) in [6.45, 7) is 4.16. The number of nitrogens with zero attached hydrogens (tertiary/aromatic N) is 1. The molecule has 0 atom stereocenters. The molecular formula is C18H16N2S. The van der Waals surface area contributed by atoms with E-state index in [1.807, 2.05) is 6.07 Å². The topological polar surface area (TPSA) is 28.7 Å². The van der Waals surface area contributed by atoms with E-state index >= 15 is 0 Å². The van der Waals surface area contributed by atoms with Crippen LogP contribution >= 0.6 is 12.2 Å². The van der Waals surface area contributed by atoms with Gasteiger partial charge in [-0.25, -0.2) is 4.98 Å². The molecule has 0 bridgehead atoms. The van der Waals surface area contributed by atoms with Gasteiger partial charge >= 0.3 is 0 Å². The fourth-order valence-corrected chi connectivity index (χ4v) is 2.43. The van der Waals surface area contributed by atoms with E-state index in [1.165, 1.54) is 11.1 Å². The molecule has 1 aromatic heterocycles. The first-order valence-electron chi connectivity index (χ1n) is 6.87. The maximum Gasteiger partial charge on any atom is 0.197 e. The normalized spacial score (nSPS) is 10.6. The van der Waals surface area contributed by atoms with Crippen molar-refractivity contribution in [3.05, 3.63) is 70.5 Å². The van der Waals surface area contributed by atoms with E-state index in [2.05, 4.69) is 72.3 Å². The Morgan fingerprint density at radius 3 is 1.90 bits per heavy atom. The van der Waals surface area contributed by atoms with Crippen LogP contribution in [0.15, 0.2) is 54.6 Å². The van der Waals surface area contributed by atoms with Gasteiger partial charge in [-0.1, -0.05) is 59.7 Å². The second-order valence-corrected chi connectivity index (χ2v) is 5.60. The molecule has 1 N–H and O–H groups in total. The minimum absolute atomic E-state index is 0.503. The fraction of sp³-hybridized carbons (Fsp3) is 0.111. The summed E-state index contributed by atoms with van der Waals surface area (Å²) in [5, 5.41) is 0. The Kier molecular flexibility index (Phi) is 3.67. The van der Waals surface area contributed by atoms with Crippen molar-refractivity contribution >= 4 is 12.2 Å². The highest BCUT2D eigenvalue weighted by Gasteiger charge is 2.04. The minimum Gasteiger partial charge on any atom is -0.330 e. The van der Waals surface area contributed by atoms with E-state index in [4.69, 9.17) is 12.2 Å². The zero-order chi connectivity index (χ0) is 14.8. The van der Waals surface area contributed by atoms with Gasteiger partial charge in [-0.05, 0) is 37.7 Å². The molecule has 1 heterocycles. The molecule has 3 aromatic rings. The minimum atomic E-state index is 0.503. The molecule has 3 heteroatoms. The summed E-state index contributed by atoms with van der Waals surface area (Å²) in [4.78, 5) is 7.60. The Labute approximate surface area is 129 Å². The third-order valence-electron chi connectivity index (χ3n) is 3.45. The van der Waals surface area contributed by atoms with Crippen LogP contribution in [0.3, 0.4) is 0 Å². The lowest BCUT2D eigenvalue weighted by molar-refractivity contribution is 1.14. The maximum atomic E-state index is 5.27. The third-order valence-corrected chi connectivity index (χ3v) is 3.65. The lowest BCUT2D eigenvalue weighted by Gasteiger charge is -2.06. The number of nitrogens with one attached hydrogen (secondary N) is 1. The Bertz CT molecular complexity index is 748. The van der Waals surface area contributed by atoms with Crippen LogP contribution in [-0.2, 0) is 0 Å². The molecule has 0 amide bonds. The summed E-state index contributed by atoms with van der Waals surface area (Å²) in [5.74, 6) is 0. The molecule has 0 radical (unpaired) electrons. The molecule has 0 aliphatic carbocycles. The Hall–Kier alpha value is -2.26. The second-order valence-electron chi connectivity index (χ2n) is 5.22. The fourth-order valence-electron chi connectivity index (χ4n) is 2.22. The van der Waals surface area contributed by atoms with Crippen LogP contribution < -0.4 is 0 Å². The largest absolute Gasteiger partial charge is 0.330 e. The summed E-state index contributed by atoms with van der Waals surface area (Å²) in [7, 11) is 0. The Balaban J connectivity index is 2.10. The van der Waals surface area contributed by atoms with E-state index in [0.29, 0.717) is 4.77 Å². The number of benzene rings is 2. The standard InChI is InChI=1S/C18H16N2S/c1-12-3-7-14(8-4-12)16-11-17(20-18(21)19-16)15-9-5-13(2)6-10-15/h3-11H,1-2H3,(H,19,20,21). The molecule has 0 fully saturated rings. The van der Waals surface area contributed by atoms with Gasteiger partial charge in [-0.15, -0.1) is 0 Å². The van der Waals surface area contributed by atoms with Gasteiger partial charge in [0.15, 0.2) is 4.77 Å². The Morgan fingerprint density at radius 2 is 1.33 bits per heavy atom. The molecule has 0 saturated heterocycles. The van der Waals surface area contributed by atoms with Gasteiger partial charge in [0.1, 0.15) is 0 Å². The average molecular weight is 292 g/mol. The molecule has 0 aliphatic rings. The number of aromatic nitrogens is 2. The van der Waals surface area contributed by atoms with E-state index < -0.39 is 0 Å². The quantitative estimate of drug-likeness (QED) is 0.666. The number of hydrogen-bond acceptors (Lipinski definition) is 2. The van der Waals surface area contributed by atoms with Crippen molar-refractivity contribution in [2.24, 2.45) is 0 Å². The average Bonchev–Trinajstić information content (AvgIpc) is 2.48. The van der Waals surface area contributed by atoms with Crippen molar-refractivity contribution in [3.8, 4) is 22.5 Å². The maximum absolute atomic E-state index is 5.27. The number of aromatic amines is 1. The van der Waals surface area contributed by atoms with Crippen LogP contribution in [0.2, 0.25) is 0 Å². The first kappa shape index (κ1) is 13.7. The van der Waals surface area contributed by atoms with Crippen molar-refractivity contribution in [2.75, 3.05) is 0 Å². The smallest absolute Gasteiger partial charge is 0.197 e. The molecule has 2 nitrogen and oxygen atoms in total. The van der Waals surface area contributed by atoms with Crippen LogP contribution in [0.5, 0.6) is 0 Å². The SMILES string of the molecule is Cc1ccc(-c2cc(-c3ccc(C)cc3)[nH]c(=S)n2)cc1. The van der Waals surface area contributed by atoms with Crippen LogP contribution in [0.4, 0.5) is 0 Å². The molecule has 21 heavy (non-hydrogen) atoms. The lowest BCUT2D eigenvalue weighted by atomic mass is 10.1. The lowest BCUT2D eigenvalue weighted by Crippen LogP contribution is -1.91. The zero-order valence-electron chi connectivity index (χ0n) is 12.1. The molecule has 0 aliphatic heterocycles. The van der Waals surface area contributed by atoms with Crippen molar-refractivity contribution in [2.45, 2.75) is 13.8 Å². The summed E-state index contributed by atoms with van der Waals surface area (Å²) in [6, 6.07) is 18.7. The van der Waals surface area contributed by atoms with Gasteiger partial charge < -0.3 is 4.98 Å². The van der Waals surface area contributed by atoms with Gasteiger partial charge in [0.2, 0.25) is 0 Å². The molecular weight excluding hydrogens is 276 g/mol. The van der Waals surface area contributed by atoms with Gasteiger partial charge in [0.25, 0.3) is 0 Å². The van der Waals surface area contributed by atoms with Gasteiger partial charge in [-0.2, -0.15) is 0 Å². The number of hydrogen-bond donors (Lipinski definition) is 1. The van der Waals surface area contributed by atoms with Crippen molar-refractivity contribution < 1.29 is 0 Å². The van der Waals surface area contributed by atoms with Crippen molar-refractivity contribution in [1.29, 1.82) is 0 Å². The summed E-state index contributed by atoms with van der Waals surface area (Å²) in [5.41, 5.74) is 6.56. The number of aryl methyl sites for hydroxylation is 2. The zero-order valence-corrected chi connectivity index (χ0v) is 12.9. The molecule has 104 valence electrons. The van der Waals surface area contributed by atoms with Crippen molar-refractivity contribution in [1.82, 2.24) is 9.97 Å². The molecule has 3 rings (SSSR count). The van der Waals surface area contributed by atoms with Crippen LogP contribution in [0.1, 0.15) is 11.1 Å². The number of rotatable bonds is 2. The van der Waals surface area contributed by atoms with E-state index in [0.717, 1.165) is 22.5 Å². The van der Waals surface area contributed by atoms with Crippen molar-refractivity contribution in [3.63, 3.8) is 0 Å². The highest BCUT2D eigenvalue weighted by molar-refractivity contribution is 7.71.